The predicted molar refractivity (Wildman–Crippen MR) is 45.8 cm³/mol. The fourth-order valence-corrected chi connectivity index (χ4v) is 0. The molecule has 0 aliphatic carbocycles. The summed E-state index contributed by atoms with van der Waals surface area (Å²) in [4.78, 5) is 35.4. The van der Waals surface area contributed by atoms with Gasteiger partial charge in [0.1, 0.15) is 0 Å². The van der Waals surface area contributed by atoms with Crippen molar-refractivity contribution in [2.75, 3.05) is 0 Å². The Kier molecular flexibility index (Phi) is 69.1. The molecule has 0 N–H and O–H groups in total. The SMILES string of the molecule is [Ba+2].[Ba+2].[Ba+2].[O-]P([O-])[S-].[O-]P([O-])[S-]. The maximum absolute atomic E-state index is 8.85. The van der Waals surface area contributed by atoms with Gasteiger partial charge in [0.05, 0.1) is 0 Å². The van der Waals surface area contributed by atoms with E-state index in [1.807, 2.05) is 0 Å². The third-order valence-corrected chi connectivity index (χ3v) is 0. The zero-order valence-corrected chi connectivity index (χ0v) is 22.2. The molecule has 0 aromatic rings. The van der Waals surface area contributed by atoms with Crippen LogP contribution in [0.3, 0.4) is 0 Å². The van der Waals surface area contributed by atoms with Crippen LogP contribution in [0.15, 0.2) is 0 Å². The van der Waals surface area contributed by atoms with Crippen molar-refractivity contribution in [1.29, 1.82) is 0 Å². The van der Waals surface area contributed by atoms with E-state index in [0.717, 1.165) is 0 Å². The second kappa shape index (κ2) is 25.1. The quantitative estimate of drug-likeness (QED) is 0.159. The van der Waals surface area contributed by atoms with Gasteiger partial charge in [-0.05, 0) is 0 Å². The van der Waals surface area contributed by atoms with Gasteiger partial charge in [0.15, 0.2) is 0 Å². The molecule has 0 unspecified atom stereocenters. The van der Waals surface area contributed by atoms with Crippen LogP contribution in [0.5, 0.6) is 0 Å². The second-order valence-electron chi connectivity index (χ2n) is 0.447. The Hall–Kier alpha value is 6.11. The summed E-state index contributed by atoms with van der Waals surface area (Å²) in [5, 5.41) is 0. The fourth-order valence-electron chi connectivity index (χ4n) is 0. The van der Waals surface area contributed by atoms with Crippen molar-refractivity contribution in [3.63, 3.8) is 0 Å². The Morgan fingerprint density at radius 1 is 0.636 bits per heavy atom. The van der Waals surface area contributed by atoms with E-state index in [2.05, 4.69) is 24.5 Å². The van der Waals surface area contributed by atoms with Crippen LogP contribution in [0.25, 0.3) is 0 Å². The molecule has 0 rings (SSSR count). The van der Waals surface area contributed by atoms with Crippen LogP contribution in [0.2, 0.25) is 0 Å². The molecule has 52 valence electrons. The molecule has 0 saturated carbocycles. The minimum Gasteiger partial charge on any atom is -0.860 e. The van der Waals surface area contributed by atoms with Crippen molar-refractivity contribution in [2.24, 2.45) is 0 Å². The minimum atomic E-state index is -2.54. The fraction of sp³-hybridized carbons (Fsp3) is 0. The van der Waals surface area contributed by atoms with Crippen LogP contribution in [-0.2, 0) is 24.5 Å². The first-order valence-electron chi connectivity index (χ1n) is 1.10. The zero-order chi connectivity index (χ0) is 7.15. The van der Waals surface area contributed by atoms with E-state index in [1.165, 1.54) is 0 Å². The van der Waals surface area contributed by atoms with Gasteiger partial charge < -0.3 is 59.2 Å². The Labute approximate surface area is 199 Å². The van der Waals surface area contributed by atoms with Crippen molar-refractivity contribution >= 4 is 186 Å². The minimum absolute atomic E-state index is 0. The summed E-state index contributed by atoms with van der Waals surface area (Å²) in [5.41, 5.74) is 0. The molecule has 0 aliphatic rings. The topological polar surface area (TPSA) is 92.2 Å². The summed E-state index contributed by atoms with van der Waals surface area (Å²) in [7, 11) is -5.07. The molecule has 0 atom stereocenters. The molecule has 11 heteroatoms. The molecule has 0 fully saturated rings. The van der Waals surface area contributed by atoms with E-state index in [1.54, 1.807) is 0 Å². The van der Waals surface area contributed by atoms with Crippen molar-refractivity contribution in [3.05, 3.63) is 0 Å². The van der Waals surface area contributed by atoms with Gasteiger partial charge in [-0.15, -0.1) is 0 Å². The average Bonchev–Trinajstić information content (AvgIpc) is 1.25. The monoisotopic (exact) mass is 604 g/mol. The van der Waals surface area contributed by atoms with E-state index >= 15 is 0 Å². The third kappa shape index (κ3) is 85.9. The molecule has 4 nitrogen and oxygen atoms in total. The van der Waals surface area contributed by atoms with Gasteiger partial charge in [-0.2, -0.15) is 0 Å². The second-order valence-corrected chi connectivity index (χ2v) is 3.13. The van der Waals surface area contributed by atoms with Crippen LogP contribution in [0, 0.1) is 0 Å². The summed E-state index contributed by atoms with van der Waals surface area (Å²) < 4.78 is 0. The molecule has 0 bridgehead atoms. The first-order chi connectivity index (χ1) is 3.46. The van der Waals surface area contributed by atoms with Crippen LogP contribution < -0.4 is 19.6 Å². The average molecular weight is 602 g/mol. The Morgan fingerprint density at radius 3 is 0.636 bits per heavy atom. The summed E-state index contributed by atoms with van der Waals surface area (Å²) in [6, 6.07) is 0. The molecule has 0 aliphatic heterocycles. The zero-order valence-electron chi connectivity index (χ0n) is 5.47. The molecular formula is Ba3O4P2S2. The van der Waals surface area contributed by atoms with Crippen molar-refractivity contribution in [2.45, 2.75) is 0 Å². The van der Waals surface area contributed by atoms with Gasteiger partial charge in [0.25, 0.3) is 0 Å². The molecule has 0 aromatic carbocycles. The summed E-state index contributed by atoms with van der Waals surface area (Å²) in [6.45, 7) is 0. The molecule has 11 heavy (non-hydrogen) atoms. The molecule has 0 heterocycles. The van der Waals surface area contributed by atoms with Crippen molar-refractivity contribution < 1.29 is 19.6 Å². The maximum Gasteiger partial charge on any atom is 2.00 e. The van der Waals surface area contributed by atoms with Gasteiger partial charge in [-0.25, -0.2) is 0 Å². The molecule has 0 aromatic heterocycles. The van der Waals surface area contributed by atoms with Gasteiger partial charge in [0, 0.05) is 0 Å². The van der Waals surface area contributed by atoms with Gasteiger partial charge in [-0.1, -0.05) is 0 Å². The first kappa shape index (κ1) is 30.3. The Balaban J connectivity index is -0.0000000171. The molecule has 0 radical (unpaired) electrons. The summed E-state index contributed by atoms with van der Waals surface area (Å²) >= 11 is 7.15. The van der Waals surface area contributed by atoms with Crippen LogP contribution in [0.1, 0.15) is 0 Å². The molecule has 0 amide bonds. The van der Waals surface area contributed by atoms with E-state index in [0.29, 0.717) is 0 Å². The molecule has 0 spiro atoms. The normalized spacial score (nSPS) is 6.55. The Bertz CT molecular complexity index is 36.8. The largest absolute Gasteiger partial charge is 2.00 e. The number of rotatable bonds is 0. The standard InChI is InChI=1S/3Ba.2O2PS/c;;;2*1-3(2)4/q3*+2;2*-3. The van der Waals surface area contributed by atoms with Crippen LogP contribution >= 0.6 is 15.2 Å². The first-order valence-corrected chi connectivity index (χ1v) is 5.48. The van der Waals surface area contributed by atoms with E-state index in [4.69, 9.17) is 19.6 Å². The summed E-state index contributed by atoms with van der Waals surface area (Å²) in [5.74, 6) is 0. The smallest absolute Gasteiger partial charge is 0.860 e. The summed E-state index contributed by atoms with van der Waals surface area (Å²) in [6.07, 6.45) is 0. The van der Waals surface area contributed by atoms with E-state index < -0.39 is 15.2 Å². The van der Waals surface area contributed by atoms with Crippen LogP contribution in [-0.4, -0.2) is 147 Å². The van der Waals surface area contributed by atoms with Gasteiger partial charge in [-0.3, -0.25) is 0 Å². The van der Waals surface area contributed by atoms with Gasteiger partial charge >= 0.3 is 147 Å². The maximum atomic E-state index is 8.85. The molecule has 0 saturated heterocycles. The third-order valence-electron chi connectivity index (χ3n) is 0. The van der Waals surface area contributed by atoms with Gasteiger partial charge in [0.2, 0.25) is 0 Å². The van der Waals surface area contributed by atoms with E-state index in [9.17, 15) is 0 Å². The predicted octanol–water partition coefficient (Wildman–Crippen LogP) is -4.18. The number of hydrogen-bond acceptors (Lipinski definition) is 6. The van der Waals surface area contributed by atoms with Crippen LogP contribution in [0.4, 0.5) is 0 Å². The van der Waals surface area contributed by atoms with Crippen molar-refractivity contribution in [3.8, 4) is 0 Å². The molecular weight excluding hydrogens is 602 g/mol. The van der Waals surface area contributed by atoms with Crippen molar-refractivity contribution in [1.82, 2.24) is 0 Å². The van der Waals surface area contributed by atoms with E-state index in [-0.39, 0.29) is 147 Å². The Morgan fingerprint density at radius 2 is 0.636 bits per heavy atom. The number of hydrogen-bond donors (Lipinski definition) is 0.